The number of nitrogens with one attached hydrogen (secondary N) is 3. The van der Waals surface area contributed by atoms with Gasteiger partial charge in [-0.3, -0.25) is 24.1 Å². The number of hydrogen-bond acceptors (Lipinski definition) is 8. The van der Waals surface area contributed by atoms with Crippen LogP contribution in [0.1, 0.15) is 37.4 Å². The van der Waals surface area contributed by atoms with E-state index < -0.39 is 35.5 Å². The number of epoxide rings is 1. The molecular formula is C31H40N4O7. The predicted octanol–water partition coefficient (Wildman–Crippen LogP) is 1.17. The first-order valence-corrected chi connectivity index (χ1v) is 14.2. The number of benzene rings is 2. The molecule has 0 saturated carbocycles. The van der Waals surface area contributed by atoms with Crippen LogP contribution < -0.4 is 20.7 Å². The summed E-state index contributed by atoms with van der Waals surface area (Å²) in [6.45, 7) is 6.25. The van der Waals surface area contributed by atoms with Crippen LogP contribution in [-0.4, -0.2) is 92.7 Å². The summed E-state index contributed by atoms with van der Waals surface area (Å²) < 4.78 is 15.9. The maximum absolute atomic E-state index is 13.4. The van der Waals surface area contributed by atoms with Crippen molar-refractivity contribution in [3.05, 3.63) is 65.7 Å². The Morgan fingerprint density at radius 1 is 0.952 bits per heavy atom. The molecule has 11 heteroatoms. The van der Waals surface area contributed by atoms with Crippen LogP contribution in [-0.2, 0) is 35.1 Å². The number of ketones is 1. The van der Waals surface area contributed by atoms with E-state index in [0.29, 0.717) is 50.6 Å². The number of methoxy groups -OCH3 is 1. The molecule has 2 aromatic rings. The van der Waals surface area contributed by atoms with Crippen LogP contribution in [0, 0.1) is 0 Å². The van der Waals surface area contributed by atoms with Gasteiger partial charge in [0, 0.05) is 13.1 Å². The number of Topliss-reactive ketones (excluding diaryl/α,β-unsaturated/α-hetero) is 1. The van der Waals surface area contributed by atoms with E-state index in [1.807, 2.05) is 35.2 Å². The number of carbonyl (C=O) groups excluding carboxylic acids is 4. The molecular weight excluding hydrogens is 540 g/mol. The van der Waals surface area contributed by atoms with Gasteiger partial charge in [0.25, 0.3) is 0 Å². The lowest BCUT2D eigenvalue weighted by molar-refractivity contribution is -0.131. The molecule has 3 amide bonds. The lowest BCUT2D eigenvalue weighted by Crippen LogP contribution is -2.51. The highest BCUT2D eigenvalue weighted by atomic mass is 16.6. The fourth-order valence-electron chi connectivity index (χ4n) is 4.82. The molecule has 0 radical (unpaired) electrons. The zero-order valence-electron chi connectivity index (χ0n) is 24.4. The molecule has 42 heavy (non-hydrogen) atoms. The Morgan fingerprint density at radius 2 is 1.62 bits per heavy atom. The molecule has 2 saturated heterocycles. The van der Waals surface area contributed by atoms with Gasteiger partial charge in [0.05, 0.1) is 52.0 Å². The first-order valence-electron chi connectivity index (χ1n) is 14.2. The molecule has 2 aliphatic rings. The number of hydrogen-bond donors (Lipinski definition) is 3. The van der Waals surface area contributed by atoms with Gasteiger partial charge in [-0.25, -0.2) is 0 Å². The minimum absolute atomic E-state index is 0.122. The highest BCUT2D eigenvalue weighted by Crippen LogP contribution is 2.29. The highest BCUT2D eigenvalue weighted by Gasteiger charge is 2.50. The van der Waals surface area contributed by atoms with E-state index in [4.69, 9.17) is 14.2 Å². The number of morpholine rings is 1. The Bertz CT molecular complexity index is 1230. The summed E-state index contributed by atoms with van der Waals surface area (Å²) in [7, 11) is 1.55. The third kappa shape index (κ3) is 8.85. The Morgan fingerprint density at radius 3 is 2.24 bits per heavy atom. The van der Waals surface area contributed by atoms with Gasteiger partial charge in [-0.15, -0.1) is 0 Å². The van der Waals surface area contributed by atoms with Gasteiger partial charge in [0.2, 0.25) is 17.7 Å². The van der Waals surface area contributed by atoms with E-state index in [2.05, 4.69) is 16.0 Å². The summed E-state index contributed by atoms with van der Waals surface area (Å²) in [5.74, 6) is -0.672. The van der Waals surface area contributed by atoms with Gasteiger partial charge in [-0.1, -0.05) is 42.5 Å². The number of rotatable bonds is 14. The number of nitrogens with zero attached hydrogens (tertiary/aromatic N) is 1. The predicted molar refractivity (Wildman–Crippen MR) is 155 cm³/mol. The SMILES string of the molecule is COc1ccc([C@@H](CC(=O)N[C@@H](Cc2ccccc2)C(=O)[C@@]2(C)CO2)NC(=O)[C@H](C)NC(=O)CN2CCOCC2)cc1. The monoisotopic (exact) mass is 580 g/mol. The molecule has 0 aliphatic carbocycles. The number of carbonyl (C=O) groups is 4. The minimum Gasteiger partial charge on any atom is -0.497 e. The van der Waals surface area contributed by atoms with Crippen molar-refractivity contribution in [3.8, 4) is 5.75 Å². The molecule has 0 bridgehead atoms. The van der Waals surface area contributed by atoms with Crippen molar-refractivity contribution in [3.63, 3.8) is 0 Å². The van der Waals surface area contributed by atoms with E-state index in [9.17, 15) is 19.2 Å². The molecule has 2 heterocycles. The van der Waals surface area contributed by atoms with Gasteiger partial charge < -0.3 is 30.2 Å². The quantitative estimate of drug-likeness (QED) is 0.283. The maximum Gasteiger partial charge on any atom is 0.242 e. The van der Waals surface area contributed by atoms with Crippen molar-refractivity contribution in [1.29, 1.82) is 0 Å². The average Bonchev–Trinajstić information content (AvgIpc) is 3.75. The Balaban J connectivity index is 1.43. The van der Waals surface area contributed by atoms with Crippen LogP contribution in [0.4, 0.5) is 0 Å². The molecule has 4 atom stereocenters. The van der Waals surface area contributed by atoms with E-state index in [0.717, 1.165) is 5.56 Å². The van der Waals surface area contributed by atoms with Gasteiger partial charge >= 0.3 is 0 Å². The van der Waals surface area contributed by atoms with Crippen molar-refractivity contribution >= 4 is 23.5 Å². The summed E-state index contributed by atoms with van der Waals surface area (Å²) in [6, 6.07) is 14.1. The maximum atomic E-state index is 13.4. The van der Waals surface area contributed by atoms with Gasteiger partial charge in [0.1, 0.15) is 17.4 Å². The average molecular weight is 581 g/mol. The van der Waals surface area contributed by atoms with Crippen LogP contribution in [0.5, 0.6) is 5.75 Å². The van der Waals surface area contributed by atoms with Crippen LogP contribution in [0.15, 0.2) is 54.6 Å². The second-order valence-electron chi connectivity index (χ2n) is 10.9. The first kappa shape index (κ1) is 31.1. The molecule has 2 aromatic carbocycles. The summed E-state index contributed by atoms with van der Waals surface area (Å²) in [5.41, 5.74) is 0.669. The lowest BCUT2D eigenvalue weighted by atomic mass is 9.94. The third-order valence-corrected chi connectivity index (χ3v) is 7.50. The normalized spacial score (nSPS) is 20.5. The second-order valence-corrected chi connectivity index (χ2v) is 10.9. The summed E-state index contributed by atoms with van der Waals surface area (Å²) >= 11 is 0. The largest absolute Gasteiger partial charge is 0.497 e. The lowest BCUT2D eigenvalue weighted by Gasteiger charge is -2.27. The van der Waals surface area contributed by atoms with Crippen LogP contribution >= 0.6 is 0 Å². The van der Waals surface area contributed by atoms with Crippen molar-refractivity contribution in [2.75, 3.05) is 46.6 Å². The summed E-state index contributed by atoms with van der Waals surface area (Å²) in [5, 5.41) is 8.53. The Labute approximate surface area is 246 Å². The zero-order chi connectivity index (χ0) is 30.1. The summed E-state index contributed by atoms with van der Waals surface area (Å²) in [4.78, 5) is 54.3. The molecule has 4 rings (SSSR count). The van der Waals surface area contributed by atoms with E-state index >= 15 is 0 Å². The standard InChI is InChI=1S/C31H40N4O7/c1-21(32-28(37)19-35-13-15-41-16-14-35)30(39)34-25(23-9-11-24(40-3)12-10-23)18-27(36)33-26(29(38)31(2)20-42-31)17-22-7-5-4-6-8-22/h4-12,21,25-26H,13-20H2,1-3H3,(H,32,37)(H,33,36)(H,34,39)/t21-,25+,26-,31+/m0/s1. The van der Waals surface area contributed by atoms with Crippen LogP contribution in [0.2, 0.25) is 0 Å². The smallest absolute Gasteiger partial charge is 0.242 e. The molecule has 11 nitrogen and oxygen atoms in total. The highest BCUT2D eigenvalue weighted by molar-refractivity contribution is 5.97. The molecule has 0 unspecified atom stereocenters. The molecule has 226 valence electrons. The van der Waals surface area contributed by atoms with Crippen molar-refractivity contribution in [1.82, 2.24) is 20.9 Å². The van der Waals surface area contributed by atoms with E-state index in [1.165, 1.54) is 0 Å². The number of amides is 3. The summed E-state index contributed by atoms with van der Waals surface area (Å²) in [6.07, 6.45) is 0.193. The van der Waals surface area contributed by atoms with Crippen molar-refractivity contribution < 1.29 is 33.4 Å². The van der Waals surface area contributed by atoms with E-state index in [-0.39, 0.29) is 24.7 Å². The molecule has 2 aliphatic heterocycles. The second kappa shape index (κ2) is 14.4. The van der Waals surface area contributed by atoms with Crippen LogP contribution in [0.25, 0.3) is 0 Å². The molecule has 3 N–H and O–H groups in total. The fraction of sp³-hybridized carbons (Fsp3) is 0.484. The van der Waals surface area contributed by atoms with Gasteiger partial charge in [0.15, 0.2) is 5.78 Å². The van der Waals surface area contributed by atoms with Gasteiger partial charge in [-0.2, -0.15) is 0 Å². The first-order chi connectivity index (χ1) is 20.2. The third-order valence-electron chi connectivity index (χ3n) is 7.50. The Hall–Kier alpha value is -3.80. The van der Waals surface area contributed by atoms with E-state index in [1.54, 1.807) is 45.2 Å². The van der Waals surface area contributed by atoms with Crippen molar-refractivity contribution in [2.45, 2.75) is 50.4 Å². The molecule has 2 fully saturated rings. The zero-order valence-corrected chi connectivity index (χ0v) is 24.4. The fourth-order valence-corrected chi connectivity index (χ4v) is 4.82. The molecule has 0 aromatic heterocycles. The number of ether oxygens (including phenoxy) is 3. The minimum atomic E-state index is -0.912. The van der Waals surface area contributed by atoms with Crippen LogP contribution in [0.3, 0.4) is 0 Å². The Kier molecular flexibility index (Phi) is 10.7. The van der Waals surface area contributed by atoms with Crippen molar-refractivity contribution in [2.24, 2.45) is 0 Å². The van der Waals surface area contributed by atoms with Gasteiger partial charge in [-0.05, 0) is 43.5 Å². The molecule has 0 spiro atoms. The topological polar surface area (TPSA) is 139 Å².